The van der Waals surface area contributed by atoms with E-state index < -0.39 is 0 Å². The van der Waals surface area contributed by atoms with E-state index in [4.69, 9.17) is 21.1 Å². The second kappa shape index (κ2) is 7.35. The number of halogens is 1. The molecular weight excluding hydrogens is 332 g/mol. The Kier molecular flexibility index (Phi) is 5.00. The maximum Gasteiger partial charge on any atom is 0.321 e. The van der Waals surface area contributed by atoms with Crippen LogP contribution in [-0.4, -0.2) is 47.7 Å². The SMILES string of the molecule is COc1ccc(NC(=O)N2CC(COc3cncc(Cl)n3)C2)cc1. The zero-order chi connectivity index (χ0) is 16.9. The predicted octanol–water partition coefficient (Wildman–Crippen LogP) is 2.68. The summed E-state index contributed by atoms with van der Waals surface area (Å²) in [5, 5.41) is 3.14. The predicted molar refractivity (Wildman–Crippen MR) is 89.6 cm³/mol. The molecule has 0 spiro atoms. The van der Waals surface area contributed by atoms with Crippen molar-refractivity contribution in [3.8, 4) is 11.6 Å². The van der Waals surface area contributed by atoms with E-state index in [-0.39, 0.29) is 11.9 Å². The summed E-state index contributed by atoms with van der Waals surface area (Å²) in [6.45, 7) is 1.74. The molecule has 2 aromatic rings. The van der Waals surface area contributed by atoms with Gasteiger partial charge in [0, 0.05) is 24.7 Å². The fourth-order valence-electron chi connectivity index (χ4n) is 2.32. The molecule has 1 aromatic heterocycles. The summed E-state index contributed by atoms with van der Waals surface area (Å²) in [4.78, 5) is 21.8. The van der Waals surface area contributed by atoms with Crippen molar-refractivity contribution in [3.63, 3.8) is 0 Å². The van der Waals surface area contributed by atoms with Crippen LogP contribution in [-0.2, 0) is 0 Å². The number of rotatable bonds is 5. The third-order valence-electron chi connectivity index (χ3n) is 3.64. The minimum Gasteiger partial charge on any atom is -0.497 e. The Balaban J connectivity index is 1.41. The third kappa shape index (κ3) is 4.05. The van der Waals surface area contributed by atoms with E-state index >= 15 is 0 Å². The Labute approximate surface area is 144 Å². The lowest BCUT2D eigenvalue weighted by molar-refractivity contribution is 0.0906. The summed E-state index contributed by atoms with van der Waals surface area (Å²) in [5.41, 5.74) is 0.731. The Morgan fingerprint density at radius 3 is 2.75 bits per heavy atom. The van der Waals surface area contributed by atoms with Crippen LogP contribution in [0, 0.1) is 5.92 Å². The molecule has 1 aromatic carbocycles. The second-order valence-electron chi connectivity index (χ2n) is 5.42. The van der Waals surface area contributed by atoms with Crippen LogP contribution in [0.15, 0.2) is 36.7 Å². The van der Waals surface area contributed by atoms with Gasteiger partial charge in [-0.15, -0.1) is 0 Å². The van der Waals surface area contributed by atoms with Gasteiger partial charge in [-0.2, -0.15) is 4.98 Å². The second-order valence-corrected chi connectivity index (χ2v) is 5.81. The highest BCUT2D eigenvalue weighted by atomic mass is 35.5. The number of aromatic nitrogens is 2. The molecule has 1 N–H and O–H groups in total. The number of hydrogen-bond donors (Lipinski definition) is 1. The van der Waals surface area contributed by atoms with Gasteiger partial charge in [-0.05, 0) is 24.3 Å². The number of nitrogens with zero attached hydrogens (tertiary/aromatic N) is 3. The van der Waals surface area contributed by atoms with Gasteiger partial charge in [-0.1, -0.05) is 11.6 Å². The lowest BCUT2D eigenvalue weighted by atomic mass is 10.0. The molecule has 1 aliphatic heterocycles. The van der Waals surface area contributed by atoms with Crippen molar-refractivity contribution in [2.24, 2.45) is 5.92 Å². The van der Waals surface area contributed by atoms with Crippen LogP contribution < -0.4 is 14.8 Å². The molecule has 0 bridgehead atoms. The summed E-state index contributed by atoms with van der Waals surface area (Å²) in [6, 6.07) is 7.08. The van der Waals surface area contributed by atoms with Crippen LogP contribution in [0.2, 0.25) is 5.15 Å². The summed E-state index contributed by atoms with van der Waals surface area (Å²) in [7, 11) is 1.60. The number of ether oxygens (including phenoxy) is 2. The van der Waals surface area contributed by atoms with Gasteiger partial charge in [0.15, 0.2) is 5.15 Å². The molecule has 8 heteroatoms. The number of carbonyl (C=O) groups is 1. The number of anilines is 1. The Hall–Kier alpha value is -2.54. The number of methoxy groups -OCH3 is 1. The van der Waals surface area contributed by atoms with Crippen molar-refractivity contribution in [1.29, 1.82) is 0 Å². The Bertz CT molecular complexity index is 705. The molecular formula is C16H17ClN4O3. The molecule has 2 amide bonds. The lowest BCUT2D eigenvalue weighted by Gasteiger charge is -2.38. The molecule has 3 rings (SSSR count). The van der Waals surface area contributed by atoms with Gasteiger partial charge in [-0.25, -0.2) is 4.79 Å². The molecule has 1 fully saturated rings. The van der Waals surface area contributed by atoms with Crippen molar-refractivity contribution >= 4 is 23.3 Å². The lowest BCUT2D eigenvalue weighted by Crippen LogP contribution is -2.53. The fraction of sp³-hybridized carbons (Fsp3) is 0.312. The van der Waals surface area contributed by atoms with Gasteiger partial charge in [0.1, 0.15) is 5.75 Å². The van der Waals surface area contributed by atoms with E-state index in [9.17, 15) is 4.79 Å². The molecule has 0 saturated carbocycles. The van der Waals surface area contributed by atoms with Crippen LogP contribution >= 0.6 is 11.6 Å². The van der Waals surface area contributed by atoms with Crippen molar-refractivity contribution in [2.75, 3.05) is 32.1 Å². The molecule has 0 unspecified atom stereocenters. The molecule has 0 aliphatic carbocycles. The average molecular weight is 349 g/mol. The molecule has 1 saturated heterocycles. The van der Waals surface area contributed by atoms with E-state index in [0.717, 1.165) is 11.4 Å². The van der Waals surface area contributed by atoms with E-state index in [1.807, 2.05) is 0 Å². The monoisotopic (exact) mass is 348 g/mol. The van der Waals surface area contributed by atoms with Crippen molar-refractivity contribution < 1.29 is 14.3 Å². The number of amides is 2. The number of nitrogens with one attached hydrogen (secondary N) is 1. The minimum atomic E-state index is -0.126. The number of carbonyl (C=O) groups excluding carboxylic acids is 1. The first-order valence-electron chi connectivity index (χ1n) is 7.44. The van der Waals surface area contributed by atoms with E-state index in [1.165, 1.54) is 12.4 Å². The first-order valence-corrected chi connectivity index (χ1v) is 7.82. The smallest absolute Gasteiger partial charge is 0.321 e. The van der Waals surface area contributed by atoms with Crippen molar-refractivity contribution in [2.45, 2.75) is 0 Å². The standard InChI is InChI=1S/C16H17ClN4O3/c1-23-13-4-2-12(3-5-13)19-16(22)21-8-11(9-21)10-24-15-7-18-6-14(17)20-15/h2-7,11H,8-10H2,1H3,(H,19,22). The number of likely N-dealkylation sites (tertiary alicyclic amines) is 1. The zero-order valence-corrected chi connectivity index (χ0v) is 13.9. The molecule has 0 radical (unpaired) electrons. The molecule has 1 aliphatic rings. The van der Waals surface area contributed by atoms with Crippen LogP contribution in [0.4, 0.5) is 10.5 Å². The zero-order valence-electron chi connectivity index (χ0n) is 13.1. The highest BCUT2D eigenvalue weighted by Crippen LogP contribution is 2.20. The molecule has 7 nitrogen and oxygen atoms in total. The summed E-state index contributed by atoms with van der Waals surface area (Å²) in [6.07, 6.45) is 2.96. The maximum atomic E-state index is 12.1. The summed E-state index contributed by atoms with van der Waals surface area (Å²) >= 11 is 5.75. The van der Waals surface area contributed by atoms with E-state index in [2.05, 4.69) is 15.3 Å². The van der Waals surface area contributed by atoms with Gasteiger partial charge in [0.2, 0.25) is 5.88 Å². The van der Waals surface area contributed by atoms with Crippen LogP contribution in [0.25, 0.3) is 0 Å². The topological polar surface area (TPSA) is 76.6 Å². The fourth-order valence-corrected chi connectivity index (χ4v) is 2.46. The average Bonchev–Trinajstić information content (AvgIpc) is 2.54. The number of benzene rings is 1. The maximum absolute atomic E-state index is 12.1. The van der Waals surface area contributed by atoms with Gasteiger partial charge in [-0.3, -0.25) is 4.98 Å². The van der Waals surface area contributed by atoms with Crippen molar-refractivity contribution in [1.82, 2.24) is 14.9 Å². The Morgan fingerprint density at radius 2 is 2.08 bits per heavy atom. The van der Waals surface area contributed by atoms with Crippen LogP contribution in [0.5, 0.6) is 11.6 Å². The van der Waals surface area contributed by atoms with Crippen LogP contribution in [0.1, 0.15) is 0 Å². The summed E-state index contributed by atoms with van der Waals surface area (Å²) in [5.74, 6) is 1.41. The molecule has 24 heavy (non-hydrogen) atoms. The molecule has 126 valence electrons. The van der Waals surface area contributed by atoms with Gasteiger partial charge < -0.3 is 19.7 Å². The summed E-state index contributed by atoms with van der Waals surface area (Å²) < 4.78 is 10.6. The number of hydrogen-bond acceptors (Lipinski definition) is 5. The minimum absolute atomic E-state index is 0.126. The van der Waals surface area contributed by atoms with E-state index in [0.29, 0.717) is 30.7 Å². The molecule has 0 atom stereocenters. The highest BCUT2D eigenvalue weighted by molar-refractivity contribution is 6.29. The van der Waals surface area contributed by atoms with Gasteiger partial charge in [0.25, 0.3) is 0 Å². The largest absolute Gasteiger partial charge is 0.497 e. The van der Waals surface area contributed by atoms with Crippen LogP contribution in [0.3, 0.4) is 0 Å². The molecule has 2 heterocycles. The quantitative estimate of drug-likeness (QED) is 0.899. The Morgan fingerprint density at radius 1 is 1.33 bits per heavy atom. The van der Waals surface area contributed by atoms with Gasteiger partial charge >= 0.3 is 6.03 Å². The first kappa shape index (κ1) is 16.3. The van der Waals surface area contributed by atoms with Gasteiger partial charge in [0.05, 0.1) is 26.1 Å². The van der Waals surface area contributed by atoms with Crippen molar-refractivity contribution in [3.05, 3.63) is 41.8 Å². The van der Waals surface area contributed by atoms with E-state index in [1.54, 1.807) is 36.3 Å². The normalized spacial score (nSPS) is 14.0. The third-order valence-corrected chi connectivity index (χ3v) is 3.82. The highest BCUT2D eigenvalue weighted by Gasteiger charge is 2.31. The first-order chi connectivity index (χ1) is 11.6. The number of urea groups is 1.